The number of hydrogen-bond donors (Lipinski definition) is 1. The second-order valence-corrected chi connectivity index (χ2v) is 7.30. The van der Waals surface area contributed by atoms with E-state index < -0.39 is 0 Å². The molecule has 0 aromatic heterocycles. The number of nitrogens with one attached hydrogen (secondary N) is 1. The number of allylic oxidation sites excluding steroid dienone is 1. The van der Waals surface area contributed by atoms with Gasteiger partial charge in [-0.15, -0.1) is 0 Å². The van der Waals surface area contributed by atoms with Crippen molar-refractivity contribution in [3.63, 3.8) is 0 Å². The van der Waals surface area contributed by atoms with Gasteiger partial charge in [0.2, 0.25) is 0 Å². The molecule has 1 aliphatic carbocycles. The maximum absolute atomic E-state index is 14.6. The van der Waals surface area contributed by atoms with E-state index in [0.717, 1.165) is 30.5 Å². The molecule has 1 aliphatic rings. The minimum atomic E-state index is -0.287. The van der Waals surface area contributed by atoms with E-state index in [2.05, 4.69) is 18.3 Å². The summed E-state index contributed by atoms with van der Waals surface area (Å²) in [6.45, 7) is 3.50. The van der Waals surface area contributed by atoms with E-state index in [0.29, 0.717) is 29.7 Å². The Hall–Kier alpha value is -1.84. The maximum atomic E-state index is 14.6. The van der Waals surface area contributed by atoms with Crippen LogP contribution in [0.3, 0.4) is 0 Å². The van der Waals surface area contributed by atoms with Crippen molar-refractivity contribution in [2.24, 2.45) is 5.92 Å². The van der Waals surface area contributed by atoms with Crippen molar-refractivity contribution in [1.29, 1.82) is 0 Å². The summed E-state index contributed by atoms with van der Waals surface area (Å²) in [7, 11) is 1.93. The standard InChI is InChI=1S/C22H25ClFNO/c1-15-13-17-5-8-20(24)22(21(17)18(14-15)9-11-25-2)26-12-10-16-3-6-19(23)7-4-16/h3-8,14-15,25H,9-13H2,1-2H3. The molecule has 0 saturated carbocycles. The zero-order valence-corrected chi connectivity index (χ0v) is 16.1. The third-order valence-electron chi connectivity index (χ3n) is 4.74. The number of fused-ring (bicyclic) bond motifs is 1. The Morgan fingerprint density at radius 1 is 1.15 bits per heavy atom. The van der Waals surface area contributed by atoms with Crippen LogP contribution < -0.4 is 10.1 Å². The summed E-state index contributed by atoms with van der Waals surface area (Å²) in [6.07, 6.45) is 4.76. The first kappa shape index (κ1) is 18.9. The highest BCUT2D eigenvalue weighted by Gasteiger charge is 2.23. The first-order valence-corrected chi connectivity index (χ1v) is 9.50. The third kappa shape index (κ3) is 4.46. The minimum absolute atomic E-state index is 0.287. The van der Waals surface area contributed by atoms with Gasteiger partial charge in [0.1, 0.15) is 0 Å². The fourth-order valence-corrected chi connectivity index (χ4v) is 3.61. The van der Waals surface area contributed by atoms with Gasteiger partial charge in [0.15, 0.2) is 11.6 Å². The zero-order chi connectivity index (χ0) is 18.5. The van der Waals surface area contributed by atoms with Crippen LogP contribution in [0.4, 0.5) is 4.39 Å². The van der Waals surface area contributed by atoms with Crippen LogP contribution in [-0.2, 0) is 12.8 Å². The monoisotopic (exact) mass is 373 g/mol. The molecule has 4 heteroatoms. The first-order valence-electron chi connectivity index (χ1n) is 9.12. The van der Waals surface area contributed by atoms with E-state index in [9.17, 15) is 4.39 Å². The van der Waals surface area contributed by atoms with Gasteiger partial charge < -0.3 is 10.1 Å². The van der Waals surface area contributed by atoms with Gasteiger partial charge in [-0.2, -0.15) is 0 Å². The van der Waals surface area contributed by atoms with Crippen LogP contribution in [0, 0.1) is 11.7 Å². The Kier molecular flexibility index (Phi) is 6.33. The maximum Gasteiger partial charge on any atom is 0.165 e. The van der Waals surface area contributed by atoms with Gasteiger partial charge >= 0.3 is 0 Å². The summed E-state index contributed by atoms with van der Waals surface area (Å²) in [5.74, 6) is 0.567. The van der Waals surface area contributed by atoms with Gasteiger partial charge in [0.05, 0.1) is 6.61 Å². The predicted molar refractivity (Wildman–Crippen MR) is 106 cm³/mol. The Morgan fingerprint density at radius 2 is 1.92 bits per heavy atom. The smallest absolute Gasteiger partial charge is 0.165 e. The fraction of sp³-hybridized carbons (Fsp3) is 0.364. The van der Waals surface area contributed by atoms with Crippen LogP contribution >= 0.6 is 11.6 Å². The van der Waals surface area contributed by atoms with Crippen LogP contribution in [0.5, 0.6) is 5.75 Å². The summed E-state index contributed by atoms with van der Waals surface area (Å²) >= 11 is 5.92. The Labute approximate surface area is 160 Å². The van der Waals surface area contributed by atoms with Crippen LogP contribution in [0.1, 0.15) is 30.0 Å². The predicted octanol–water partition coefficient (Wildman–Crippen LogP) is 5.29. The third-order valence-corrected chi connectivity index (χ3v) is 4.99. The summed E-state index contributed by atoms with van der Waals surface area (Å²) < 4.78 is 20.5. The summed E-state index contributed by atoms with van der Waals surface area (Å²) in [5, 5.41) is 3.89. The SMILES string of the molecule is CNCCC1=CC(C)Cc2ccc(F)c(OCCc3ccc(Cl)cc3)c21. The molecule has 0 amide bonds. The average Bonchev–Trinajstić information content (AvgIpc) is 2.63. The normalized spacial score (nSPS) is 16.2. The molecule has 0 radical (unpaired) electrons. The van der Waals surface area contributed by atoms with E-state index in [1.807, 2.05) is 37.4 Å². The number of rotatable bonds is 7. The molecule has 138 valence electrons. The molecule has 1 atom stereocenters. The quantitative estimate of drug-likeness (QED) is 0.712. The molecule has 1 N–H and O–H groups in total. The van der Waals surface area contributed by atoms with Crippen molar-refractivity contribution in [2.75, 3.05) is 20.2 Å². The van der Waals surface area contributed by atoms with Crippen LogP contribution in [0.25, 0.3) is 5.57 Å². The minimum Gasteiger partial charge on any atom is -0.490 e. The van der Waals surface area contributed by atoms with Crippen molar-refractivity contribution < 1.29 is 9.13 Å². The molecule has 0 bridgehead atoms. The van der Waals surface area contributed by atoms with Crippen LogP contribution in [0.2, 0.25) is 5.02 Å². The molecular weight excluding hydrogens is 349 g/mol. The van der Waals surface area contributed by atoms with Gasteiger partial charge in [-0.1, -0.05) is 42.8 Å². The van der Waals surface area contributed by atoms with Gasteiger partial charge in [0.25, 0.3) is 0 Å². The molecule has 2 aromatic rings. The summed E-state index contributed by atoms with van der Waals surface area (Å²) in [5.41, 5.74) is 4.43. The zero-order valence-electron chi connectivity index (χ0n) is 15.3. The van der Waals surface area contributed by atoms with Gasteiger partial charge in [-0.25, -0.2) is 4.39 Å². The second kappa shape index (κ2) is 8.70. The molecule has 2 aromatic carbocycles. The largest absolute Gasteiger partial charge is 0.490 e. The lowest BCUT2D eigenvalue weighted by Crippen LogP contribution is -2.15. The molecular formula is C22H25ClFNO. The van der Waals surface area contributed by atoms with E-state index in [1.54, 1.807) is 0 Å². The molecule has 2 nitrogen and oxygen atoms in total. The Balaban J connectivity index is 1.80. The number of benzene rings is 2. The Morgan fingerprint density at radius 3 is 2.65 bits per heavy atom. The number of hydrogen-bond acceptors (Lipinski definition) is 2. The molecule has 26 heavy (non-hydrogen) atoms. The average molecular weight is 374 g/mol. The van der Waals surface area contributed by atoms with Gasteiger partial charge in [-0.05, 0) is 67.3 Å². The highest BCUT2D eigenvalue weighted by Crippen LogP contribution is 2.39. The lowest BCUT2D eigenvalue weighted by Gasteiger charge is -2.25. The van der Waals surface area contributed by atoms with Gasteiger partial charge in [0, 0.05) is 17.0 Å². The molecule has 0 saturated heterocycles. The van der Waals surface area contributed by atoms with E-state index >= 15 is 0 Å². The molecule has 1 unspecified atom stereocenters. The Bertz CT molecular complexity index is 785. The van der Waals surface area contributed by atoms with Crippen molar-refractivity contribution in [2.45, 2.75) is 26.2 Å². The lowest BCUT2D eigenvalue weighted by molar-refractivity contribution is 0.303. The topological polar surface area (TPSA) is 21.3 Å². The number of halogens is 2. The summed E-state index contributed by atoms with van der Waals surface area (Å²) in [4.78, 5) is 0. The van der Waals surface area contributed by atoms with E-state index in [1.165, 1.54) is 17.2 Å². The van der Waals surface area contributed by atoms with Crippen LogP contribution in [-0.4, -0.2) is 20.2 Å². The van der Waals surface area contributed by atoms with Crippen molar-refractivity contribution in [3.8, 4) is 5.75 Å². The van der Waals surface area contributed by atoms with Crippen LogP contribution in [0.15, 0.2) is 42.5 Å². The first-order chi connectivity index (χ1) is 12.6. The van der Waals surface area contributed by atoms with Crippen molar-refractivity contribution in [3.05, 3.63) is 70.0 Å². The number of ether oxygens (including phenoxy) is 1. The highest BCUT2D eigenvalue weighted by molar-refractivity contribution is 6.30. The summed E-state index contributed by atoms with van der Waals surface area (Å²) in [6, 6.07) is 11.1. The molecule has 3 rings (SSSR count). The van der Waals surface area contributed by atoms with Crippen molar-refractivity contribution >= 4 is 17.2 Å². The highest BCUT2D eigenvalue weighted by atomic mass is 35.5. The second-order valence-electron chi connectivity index (χ2n) is 6.86. The molecule has 0 fully saturated rings. The van der Waals surface area contributed by atoms with Gasteiger partial charge in [-0.3, -0.25) is 0 Å². The van der Waals surface area contributed by atoms with E-state index in [4.69, 9.17) is 16.3 Å². The molecule has 0 aliphatic heterocycles. The van der Waals surface area contributed by atoms with Crippen molar-refractivity contribution in [1.82, 2.24) is 5.32 Å². The van der Waals surface area contributed by atoms with E-state index in [-0.39, 0.29) is 5.82 Å². The fourth-order valence-electron chi connectivity index (χ4n) is 3.48. The molecule has 0 heterocycles. The lowest BCUT2D eigenvalue weighted by atomic mass is 9.83. The molecule has 0 spiro atoms.